The van der Waals surface area contributed by atoms with Crippen LogP contribution in [-0.4, -0.2) is 17.1 Å². The molecule has 0 radical (unpaired) electrons. The van der Waals surface area contributed by atoms with Crippen molar-refractivity contribution < 1.29 is 9.13 Å². The van der Waals surface area contributed by atoms with Crippen LogP contribution in [0.25, 0.3) is 10.6 Å². The van der Waals surface area contributed by atoms with Gasteiger partial charge in [-0.05, 0) is 6.07 Å². The van der Waals surface area contributed by atoms with Crippen LogP contribution >= 0.6 is 11.3 Å². The predicted octanol–water partition coefficient (Wildman–Crippen LogP) is 2.49. The predicted molar refractivity (Wildman–Crippen MR) is 56.0 cm³/mol. The Bertz CT molecular complexity index is 458. The first-order valence-corrected chi connectivity index (χ1v) is 5.22. The largest absolute Gasteiger partial charge is 0.378 e. The van der Waals surface area contributed by atoms with Crippen LogP contribution in [0.15, 0.2) is 23.8 Å². The zero-order valence-electron chi connectivity index (χ0n) is 8.11. The summed E-state index contributed by atoms with van der Waals surface area (Å²) >= 11 is 1.40. The molecule has 0 aliphatic carbocycles. The van der Waals surface area contributed by atoms with Gasteiger partial charge in [0, 0.05) is 24.3 Å². The highest BCUT2D eigenvalue weighted by Crippen LogP contribution is 2.25. The summed E-state index contributed by atoms with van der Waals surface area (Å²) in [4.78, 5) is 7.95. The third kappa shape index (κ3) is 2.19. The maximum atomic E-state index is 13.3. The second kappa shape index (κ2) is 4.46. The monoisotopic (exact) mass is 224 g/mol. The Kier molecular flexibility index (Phi) is 3.03. The number of pyridine rings is 1. The number of hydrogen-bond donors (Lipinski definition) is 0. The molecule has 0 amide bonds. The van der Waals surface area contributed by atoms with Crippen LogP contribution < -0.4 is 0 Å². The first kappa shape index (κ1) is 10.2. The molecule has 0 fully saturated rings. The van der Waals surface area contributed by atoms with Gasteiger partial charge in [-0.2, -0.15) is 0 Å². The molecule has 0 spiro atoms. The van der Waals surface area contributed by atoms with Gasteiger partial charge in [0.1, 0.15) is 5.01 Å². The Labute approximate surface area is 90.6 Å². The molecule has 2 rings (SSSR count). The van der Waals surface area contributed by atoms with E-state index < -0.39 is 0 Å². The van der Waals surface area contributed by atoms with E-state index in [-0.39, 0.29) is 5.82 Å². The van der Waals surface area contributed by atoms with Crippen LogP contribution in [-0.2, 0) is 11.3 Å². The molecule has 78 valence electrons. The van der Waals surface area contributed by atoms with Crippen molar-refractivity contribution in [2.75, 3.05) is 7.11 Å². The van der Waals surface area contributed by atoms with Crippen molar-refractivity contribution in [3.63, 3.8) is 0 Å². The van der Waals surface area contributed by atoms with Gasteiger partial charge in [0.2, 0.25) is 0 Å². The fourth-order valence-electron chi connectivity index (χ4n) is 1.19. The van der Waals surface area contributed by atoms with Crippen molar-refractivity contribution in [3.8, 4) is 10.6 Å². The summed E-state index contributed by atoms with van der Waals surface area (Å²) in [5.74, 6) is -0.351. The second-order valence-corrected chi connectivity index (χ2v) is 3.79. The van der Waals surface area contributed by atoms with E-state index in [1.807, 2.05) is 5.38 Å². The highest BCUT2D eigenvalue weighted by atomic mass is 32.1. The molecule has 3 nitrogen and oxygen atoms in total. The Hall–Kier alpha value is -1.33. The Morgan fingerprint density at radius 1 is 1.53 bits per heavy atom. The van der Waals surface area contributed by atoms with Crippen molar-refractivity contribution in [2.45, 2.75) is 6.61 Å². The van der Waals surface area contributed by atoms with E-state index in [4.69, 9.17) is 4.74 Å². The molecule has 0 saturated carbocycles. The van der Waals surface area contributed by atoms with E-state index in [9.17, 15) is 4.39 Å². The van der Waals surface area contributed by atoms with E-state index in [1.165, 1.54) is 17.5 Å². The third-order valence-electron chi connectivity index (χ3n) is 1.85. The van der Waals surface area contributed by atoms with Crippen molar-refractivity contribution in [2.24, 2.45) is 0 Å². The molecule has 15 heavy (non-hydrogen) atoms. The fourth-order valence-corrected chi connectivity index (χ4v) is 2.02. The van der Waals surface area contributed by atoms with Crippen LogP contribution in [0, 0.1) is 5.82 Å². The molecule has 0 unspecified atom stereocenters. The number of halogens is 1. The lowest BCUT2D eigenvalue weighted by atomic mass is 10.3. The van der Waals surface area contributed by atoms with Gasteiger partial charge in [-0.25, -0.2) is 9.37 Å². The SMILES string of the molecule is COCc1csc(-c2ccncc2F)n1. The Morgan fingerprint density at radius 3 is 3.13 bits per heavy atom. The smallest absolute Gasteiger partial charge is 0.151 e. The first-order chi connectivity index (χ1) is 7.31. The molecule has 2 heterocycles. The quantitative estimate of drug-likeness (QED) is 0.803. The Balaban J connectivity index is 2.33. The summed E-state index contributed by atoms with van der Waals surface area (Å²) in [5.41, 5.74) is 1.30. The van der Waals surface area contributed by atoms with Crippen molar-refractivity contribution in [1.29, 1.82) is 0 Å². The molecule has 0 saturated heterocycles. The summed E-state index contributed by atoms with van der Waals surface area (Å²) in [7, 11) is 1.60. The molecule has 0 N–H and O–H groups in total. The normalized spacial score (nSPS) is 10.5. The maximum absolute atomic E-state index is 13.3. The maximum Gasteiger partial charge on any atom is 0.151 e. The standard InChI is InChI=1S/C10H9FN2OS/c1-14-5-7-6-15-10(13-7)8-2-3-12-4-9(8)11/h2-4,6H,5H2,1H3. The lowest BCUT2D eigenvalue weighted by Gasteiger charge is -1.96. The van der Waals surface area contributed by atoms with E-state index in [2.05, 4.69) is 9.97 Å². The number of rotatable bonds is 3. The molecular weight excluding hydrogens is 215 g/mol. The summed E-state index contributed by atoms with van der Waals surface area (Å²) < 4.78 is 18.3. The third-order valence-corrected chi connectivity index (χ3v) is 2.77. The number of ether oxygens (including phenoxy) is 1. The molecule has 0 atom stereocenters. The zero-order valence-corrected chi connectivity index (χ0v) is 8.92. The van der Waals surface area contributed by atoms with Gasteiger partial charge < -0.3 is 4.74 Å². The van der Waals surface area contributed by atoms with Crippen LogP contribution in [0.2, 0.25) is 0 Å². The minimum atomic E-state index is -0.351. The summed E-state index contributed by atoms with van der Waals surface area (Å²) in [6.45, 7) is 0.448. The highest BCUT2D eigenvalue weighted by Gasteiger charge is 2.08. The average Bonchev–Trinajstić information content (AvgIpc) is 2.68. The lowest BCUT2D eigenvalue weighted by molar-refractivity contribution is 0.182. The van der Waals surface area contributed by atoms with Gasteiger partial charge in [0.15, 0.2) is 5.82 Å². The summed E-state index contributed by atoms with van der Waals surface area (Å²) in [6, 6.07) is 1.62. The topological polar surface area (TPSA) is 35.0 Å². The molecule has 2 aromatic rings. The van der Waals surface area contributed by atoms with Crippen molar-refractivity contribution >= 4 is 11.3 Å². The van der Waals surface area contributed by atoms with Crippen LogP contribution in [0.5, 0.6) is 0 Å². The minimum absolute atomic E-state index is 0.351. The molecule has 0 aliphatic rings. The zero-order chi connectivity index (χ0) is 10.7. The van der Waals surface area contributed by atoms with Crippen molar-refractivity contribution in [1.82, 2.24) is 9.97 Å². The number of nitrogens with zero attached hydrogens (tertiary/aromatic N) is 2. The van der Waals surface area contributed by atoms with Crippen LogP contribution in [0.1, 0.15) is 5.69 Å². The number of thiazole rings is 1. The van der Waals surface area contributed by atoms with Crippen LogP contribution in [0.3, 0.4) is 0 Å². The highest BCUT2D eigenvalue weighted by molar-refractivity contribution is 7.13. The van der Waals surface area contributed by atoms with E-state index in [0.717, 1.165) is 5.69 Å². The molecule has 5 heteroatoms. The van der Waals surface area contributed by atoms with Gasteiger partial charge in [0.05, 0.1) is 18.5 Å². The fraction of sp³-hybridized carbons (Fsp3) is 0.200. The molecule has 0 bridgehead atoms. The van der Waals surface area contributed by atoms with E-state index in [0.29, 0.717) is 17.2 Å². The summed E-state index contributed by atoms with van der Waals surface area (Å²) in [5, 5.41) is 2.51. The van der Waals surface area contributed by atoms with Crippen LogP contribution in [0.4, 0.5) is 4.39 Å². The average molecular weight is 224 g/mol. The number of hydrogen-bond acceptors (Lipinski definition) is 4. The molecular formula is C10H9FN2OS. The minimum Gasteiger partial charge on any atom is -0.378 e. The first-order valence-electron chi connectivity index (χ1n) is 4.34. The second-order valence-electron chi connectivity index (χ2n) is 2.93. The molecule has 0 aliphatic heterocycles. The molecule has 0 aromatic carbocycles. The van der Waals surface area contributed by atoms with Gasteiger partial charge in [-0.15, -0.1) is 11.3 Å². The number of methoxy groups -OCH3 is 1. The van der Waals surface area contributed by atoms with Gasteiger partial charge >= 0.3 is 0 Å². The van der Waals surface area contributed by atoms with Gasteiger partial charge in [0.25, 0.3) is 0 Å². The van der Waals surface area contributed by atoms with E-state index in [1.54, 1.807) is 19.4 Å². The summed E-state index contributed by atoms with van der Waals surface area (Å²) in [6.07, 6.45) is 2.74. The van der Waals surface area contributed by atoms with Crippen molar-refractivity contribution in [3.05, 3.63) is 35.4 Å². The van der Waals surface area contributed by atoms with E-state index >= 15 is 0 Å². The van der Waals surface area contributed by atoms with Gasteiger partial charge in [-0.1, -0.05) is 0 Å². The lowest BCUT2D eigenvalue weighted by Crippen LogP contribution is -1.88. The van der Waals surface area contributed by atoms with Gasteiger partial charge in [-0.3, -0.25) is 4.98 Å². The number of aromatic nitrogens is 2. The molecule has 2 aromatic heterocycles. The Morgan fingerprint density at radius 2 is 2.40 bits per heavy atom.